The number of fused-ring (bicyclic) bond motifs is 2. The summed E-state index contributed by atoms with van der Waals surface area (Å²) in [5.41, 5.74) is 1.13. The van der Waals surface area contributed by atoms with Crippen LogP contribution in [0.25, 0.3) is 0 Å². The molecule has 120 valence electrons. The van der Waals surface area contributed by atoms with Crippen molar-refractivity contribution in [2.75, 3.05) is 7.05 Å². The average molecular weight is 300 g/mol. The zero-order chi connectivity index (χ0) is 15.5. The molecule has 0 spiro atoms. The third-order valence-corrected chi connectivity index (χ3v) is 5.61. The maximum Gasteiger partial charge on any atom is 0.227 e. The van der Waals surface area contributed by atoms with Gasteiger partial charge in [-0.15, -0.1) is 0 Å². The van der Waals surface area contributed by atoms with Crippen LogP contribution in [0.5, 0.6) is 0 Å². The molecule has 1 aromatic carbocycles. The van der Waals surface area contributed by atoms with Crippen molar-refractivity contribution < 1.29 is 4.79 Å². The van der Waals surface area contributed by atoms with Crippen LogP contribution < -0.4 is 5.32 Å². The van der Waals surface area contributed by atoms with E-state index in [9.17, 15) is 4.79 Å². The molecule has 2 heterocycles. The second-order valence-corrected chi connectivity index (χ2v) is 6.95. The second kappa shape index (κ2) is 6.82. The summed E-state index contributed by atoms with van der Waals surface area (Å²) in [7, 11) is 2.26. The first-order chi connectivity index (χ1) is 10.7. The Morgan fingerprint density at radius 3 is 2.45 bits per heavy atom. The Balaban J connectivity index is 1.64. The Labute approximate surface area is 134 Å². The Kier molecular flexibility index (Phi) is 4.82. The van der Waals surface area contributed by atoms with E-state index in [1.165, 1.54) is 19.3 Å². The number of carbonyl (C=O) groups excluding carboxylic acids is 1. The first-order valence-electron chi connectivity index (χ1n) is 8.76. The van der Waals surface area contributed by atoms with Gasteiger partial charge in [0.25, 0.3) is 0 Å². The van der Waals surface area contributed by atoms with Gasteiger partial charge >= 0.3 is 0 Å². The molecule has 2 bridgehead atoms. The second-order valence-electron chi connectivity index (χ2n) is 6.95. The van der Waals surface area contributed by atoms with Crippen molar-refractivity contribution in [3.05, 3.63) is 35.9 Å². The molecule has 2 saturated heterocycles. The number of hydrogen-bond acceptors (Lipinski definition) is 2. The average Bonchev–Trinajstić information content (AvgIpc) is 2.50. The largest absolute Gasteiger partial charge is 0.353 e. The first kappa shape index (κ1) is 15.5. The zero-order valence-electron chi connectivity index (χ0n) is 13.8. The van der Waals surface area contributed by atoms with Crippen molar-refractivity contribution in [2.45, 2.75) is 69.5 Å². The molecule has 1 amide bonds. The number of carbonyl (C=O) groups is 1. The smallest absolute Gasteiger partial charge is 0.227 e. The van der Waals surface area contributed by atoms with Gasteiger partial charge in [0.1, 0.15) is 0 Å². The van der Waals surface area contributed by atoms with Gasteiger partial charge < -0.3 is 10.2 Å². The fourth-order valence-corrected chi connectivity index (χ4v) is 4.29. The van der Waals surface area contributed by atoms with Crippen molar-refractivity contribution in [3.63, 3.8) is 0 Å². The molecule has 3 heteroatoms. The third-order valence-electron chi connectivity index (χ3n) is 5.61. The van der Waals surface area contributed by atoms with Gasteiger partial charge in [0.15, 0.2) is 0 Å². The summed E-state index contributed by atoms with van der Waals surface area (Å²) < 4.78 is 0. The van der Waals surface area contributed by atoms with Crippen LogP contribution in [0, 0.1) is 0 Å². The molecule has 3 rings (SSSR count). The van der Waals surface area contributed by atoms with Gasteiger partial charge in [-0.05, 0) is 44.7 Å². The maximum absolute atomic E-state index is 12.7. The van der Waals surface area contributed by atoms with Crippen molar-refractivity contribution >= 4 is 5.91 Å². The minimum absolute atomic E-state index is 0.0132. The van der Waals surface area contributed by atoms with Crippen molar-refractivity contribution in [1.82, 2.24) is 10.2 Å². The standard InChI is InChI=1S/C19H28N2O/c1-3-18(14-8-5-4-6-9-14)19(22)20-15-12-16-10-7-11-17(13-15)21(16)2/h4-6,8-9,15-18H,3,7,10-13H2,1-2H3,(H,20,22). The summed E-state index contributed by atoms with van der Waals surface area (Å²) >= 11 is 0. The van der Waals surface area contributed by atoms with E-state index in [4.69, 9.17) is 0 Å². The monoisotopic (exact) mass is 300 g/mol. The molecular formula is C19H28N2O. The van der Waals surface area contributed by atoms with Crippen LogP contribution in [-0.2, 0) is 4.79 Å². The molecule has 3 atom stereocenters. The van der Waals surface area contributed by atoms with E-state index in [0.717, 1.165) is 24.8 Å². The Morgan fingerprint density at radius 1 is 1.23 bits per heavy atom. The van der Waals surface area contributed by atoms with E-state index in [2.05, 4.69) is 36.3 Å². The molecule has 2 aliphatic heterocycles. The third kappa shape index (κ3) is 3.19. The van der Waals surface area contributed by atoms with Crippen LogP contribution in [0.3, 0.4) is 0 Å². The van der Waals surface area contributed by atoms with Crippen LogP contribution in [-0.4, -0.2) is 36.0 Å². The van der Waals surface area contributed by atoms with Crippen LogP contribution >= 0.6 is 0 Å². The number of amides is 1. The van der Waals surface area contributed by atoms with Gasteiger partial charge in [0.2, 0.25) is 5.91 Å². The summed E-state index contributed by atoms with van der Waals surface area (Å²) in [5, 5.41) is 3.35. The number of benzene rings is 1. The summed E-state index contributed by atoms with van der Waals surface area (Å²) in [6, 6.07) is 11.9. The van der Waals surface area contributed by atoms with Crippen LogP contribution in [0.2, 0.25) is 0 Å². The lowest BCUT2D eigenvalue weighted by Crippen LogP contribution is -2.55. The molecular weight excluding hydrogens is 272 g/mol. The zero-order valence-corrected chi connectivity index (χ0v) is 13.8. The van der Waals surface area contributed by atoms with E-state index in [0.29, 0.717) is 18.1 Å². The van der Waals surface area contributed by atoms with Gasteiger partial charge in [-0.1, -0.05) is 43.7 Å². The number of nitrogens with zero attached hydrogens (tertiary/aromatic N) is 1. The highest BCUT2D eigenvalue weighted by molar-refractivity contribution is 5.83. The number of piperidine rings is 2. The fourth-order valence-electron chi connectivity index (χ4n) is 4.29. The maximum atomic E-state index is 12.7. The predicted octanol–water partition coefficient (Wildman–Crippen LogP) is 3.31. The van der Waals surface area contributed by atoms with Gasteiger partial charge in [0.05, 0.1) is 5.92 Å². The predicted molar refractivity (Wildman–Crippen MR) is 89.8 cm³/mol. The summed E-state index contributed by atoms with van der Waals surface area (Å²) in [4.78, 5) is 15.3. The lowest BCUT2D eigenvalue weighted by Gasteiger charge is -2.47. The molecule has 0 saturated carbocycles. The molecule has 2 aliphatic rings. The van der Waals surface area contributed by atoms with E-state index in [1.54, 1.807) is 0 Å². The highest BCUT2D eigenvalue weighted by Gasteiger charge is 2.37. The molecule has 0 aliphatic carbocycles. The highest BCUT2D eigenvalue weighted by Crippen LogP contribution is 2.33. The molecule has 0 aromatic heterocycles. The molecule has 2 fully saturated rings. The first-order valence-corrected chi connectivity index (χ1v) is 8.76. The summed E-state index contributed by atoms with van der Waals surface area (Å²) in [6.45, 7) is 2.10. The minimum atomic E-state index is -0.0132. The van der Waals surface area contributed by atoms with E-state index in [-0.39, 0.29) is 11.8 Å². The van der Waals surface area contributed by atoms with Gasteiger partial charge in [-0.25, -0.2) is 0 Å². The number of nitrogens with one attached hydrogen (secondary N) is 1. The van der Waals surface area contributed by atoms with Gasteiger partial charge in [-0.2, -0.15) is 0 Å². The highest BCUT2D eigenvalue weighted by atomic mass is 16.1. The quantitative estimate of drug-likeness (QED) is 0.925. The Hall–Kier alpha value is -1.35. The Morgan fingerprint density at radius 2 is 1.86 bits per heavy atom. The lowest BCUT2D eigenvalue weighted by molar-refractivity contribution is -0.124. The van der Waals surface area contributed by atoms with Gasteiger partial charge in [-0.3, -0.25) is 4.79 Å². The molecule has 3 unspecified atom stereocenters. The van der Waals surface area contributed by atoms with Crippen molar-refractivity contribution in [3.8, 4) is 0 Å². The van der Waals surface area contributed by atoms with Crippen LogP contribution in [0.1, 0.15) is 56.9 Å². The molecule has 0 radical (unpaired) electrons. The van der Waals surface area contributed by atoms with Gasteiger partial charge in [0, 0.05) is 18.1 Å². The fraction of sp³-hybridized carbons (Fsp3) is 0.632. The number of hydrogen-bond donors (Lipinski definition) is 1. The summed E-state index contributed by atoms with van der Waals surface area (Å²) in [6.07, 6.45) is 7.01. The summed E-state index contributed by atoms with van der Waals surface area (Å²) in [5.74, 6) is 0.196. The molecule has 1 aromatic rings. The molecule has 22 heavy (non-hydrogen) atoms. The normalized spacial score (nSPS) is 29.8. The topological polar surface area (TPSA) is 32.3 Å². The lowest BCUT2D eigenvalue weighted by atomic mass is 9.82. The molecule has 3 nitrogen and oxygen atoms in total. The SMILES string of the molecule is CCC(C(=O)NC1CC2CCCC(C1)N2C)c1ccccc1. The van der Waals surface area contributed by atoms with E-state index in [1.807, 2.05) is 18.2 Å². The van der Waals surface area contributed by atoms with Crippen molar-refractivity contribution in [1.29, 1.82) is 0 Å². The van der Waals surface area contributed by atoms with Crippen molar-refractivity contribution in [2.24, 2.45) is 0 Å². The molecule has 1 N–H and O–H groups in total. The van der Waals surface area contributed by atoms with E-state index >= 15 is 0 Å². The van der Waals surface area contributed by atoms with Crippen LogP contribution in [0.4, 0.5) is 0 Å². The minimum Gasteiger partial charge on any atom is -0.353 e. The van der Waals surface area contributed by atoms with Crippen LogP contribution in [0.15, 0.2) is 30.3 Å². The van der Waals surface area contributed by atoms with E-state index < -0.39 is 0 Å². The number of rotatable bonds is 4. The Bertz CT molecular complexity index is 487.